The smallest absolute Gasteiger partial charge is 0.268 e. The summed E-state index contributed by atoms with van der Waals surface area (Å²) in [4.78, 5) is 13.1. The molecule has 1 aliphatic rings. The second-order valence-electron chi connectivity index (χ2n) is 7.85. The van der Waals surface area contributed by atoms with E-state index in [-0.39, 0.29) is 37.6 Å². The van der Waals surface area contributed by atoms with E-state index in [2.05, 4.69) is 11.4 Å². The number of nitrogen functional groups attached to an aromatic ring is 1. The number of aromatic nitrogens is 1. The van der Waals surface area contributed by atoms with Gasteiger partial charge < -0.3 is 15.6 Å². The van der Waals surface area contributed by atoms with Gasteiger partial charge in [-0.25, -0.2) is 8.78 Å². The molecule has 0 saturated heterocycles. The van der Waals surface area contributed by atoms with Crippen LogP contribution in [0.3, 0.4) is 0 Å². The number of halogens is 2. The van der Waals surface area contributed by atoms with E-state index in [1.807, 2.05) is 28.8 Å². The molecule has 7 heteroatoms. The van der Waals surface area contributed by atoms with Gasteiger partial charge in [0.1, 0.15) is 5.69 Å². The number of anilines is 1. The van der Waals surface area contributed by atoms with Crippen molar-refractivity contribution in [3.63, 3.8) is 0 Å². The minimum absolute atomic E-state index is 0.213. The van der Waals surface area contributed by atoms with Gasteiger partial charge in [-0.3, -0.25) is 4.79 Å². The lowest BCUT2D eigenvalue weighted by Crippen LogP contribution is -2.40. The Labute approximate surface area is 173 Å². The Morgan fingerprint density at radius 3 is 2.67 bits per heavy atom. The number of amides is 1. The van der Waals surface area contributed by atoms with Crippen molar-refractivity contribution in [2.24, 2.45) is 0 Å². The van der Waals surface area contributed by atoms with Crippen molar-refractivity contribution in [2.75, 3.05) is 5.73 Å². The summed E-state index contributed by atoms with van der Waals surface area (Å²) in [5.74, 6) is -2.94. The van der Waals surface area contributed by atoms with Crippen LogP contribution in [0.1, 0.15) is 47.3 Å². The Hall–Kier alpha value is -3.40. The topological polar surface area (TPSA) is 83.8 Å². The molecule has 1 aromatic heterocycles. The number of rotatable bonds is 4. The molecule has 0 atom stereocenters. The van der Waals surface area contributed by atoms with Crippen LogP contribution >= 0.6 is 0 Å². The van der Waals surface area contributed by atoms with E-state index in [4.69, 9.17) is 5.73 Å². The maximum Gasteiger partial charge on any atom is 0.268 e. The standard InChI is InChI=1S/C23H22F2N4O/c24-23(25)8-6-19(7-9-23)28-22(30)21-12-17-5-4-15(13-26)11-20(17)29(21)14-16-2-1-3-18(27)10-16/h1-5,10-12,19H,6-9,14,27H2,(H,28,30). The largest absolute Gasteiger partial charge is 0.399 e. The molecule has 0 spiro atoms. The first-order valence-electron chi connectivity index (χ1n) is 9.91. The summed E-state index contributed by atoms with van der Waals surface area (Å²) in [6, 6.07) is 16.3. The van der Waals surface area contributed by atoms with Crippen molar-refractivity contribution >= 4 is 22.5 Å². The summed E-state index contributed by atoms with van der Waals surface area (Å²) in [6.45, 7) is 0.398. The van der Waals surface area contributed by atoms with Gasteiger partial charge in [0.15, 0.2) is 0 Å². The van der Waals surface area contributed by atoms with Crippen LogP contribution in [0.5, 0.6) is 0 Å². The van der Waals surface area contributed by atoms with Crippen molar-refractivity contribution in [2.45, 2.75) is 44.2 Å². The number of nitrogens with one attached hydrogen (secondary N) is 1. The number of carbonyl (C=O) groups excluding carboxylic acids is 1. The van der Waals surface area contributed by atoms with E-state index < -0.39 is 5.92 Å². The van der Waals surface area contributed by atoms with Gasteiger partial charge in [-0.1, -0.05) is 18.2 Å². The van der Waals surface area contributed by atoms with Crippen LogP contribution in [-0.4, -0.2) is 22.4 Å². The summed E-state index contributed by atoms with van der Waals surface area (Å²) in [5, 5.41) is 13.0. The number of nitrogens with two attached hydrogens (primary N) is 1. The molecular weight excluding hydrogens is 386 g/mol. The molecule has 1 amide bonds. The van der Waals surface area contributed by atoms with E-state index in [0.717, 1.165) is 16.5 Å². The first kappa shape index (κ1) is 19.9. The SMILES string of the molecule is N#Cc1ccc2cc(C(=O)NC3CCC(F)(F)CC3)n(Cc3cccc(N)c3)c2c1. The zero-order valence-corrected chi connectivity index (χ0v) is 16.4. The number of hydrogen-bond acceptors (Lipinski definition) is 3. The second-order valence-corrected chi connectivity index (χ2v) is 7.85. The van der Waals surface area contributed by atoms with Crippen LogP contribution in [0, 0.1) is 11.3 Å². The van der Waals surface area contributed by atoms with Crippen LogP contribution in [0.4, 0.5) is 14.5 Å². The monoisotopic (exact) mass is 408 g/mol. The molecule has 5 nitrogen and oxygen atoms in total. The highest BCUT2D eigenvalue weighted by atomic mass is 19.3. The molecule has 0 bridgehead atoms. The number of hydrogen-bond donors (Lipinski definition) is 2. The highest BCUT2D eigenvalue weighted by Crippen LogP contribution is 2.33. The van der Waals surface area contributed by atoms with Crippen LogP contribution in [0.25, 0.3) is 10.9 Å². The van der Waals surface area contributed by atoms with Crippen LogP contribution < -0.4 is 11.1 Å². The molecule has 4 rings (SSSR count). The first-order chi connectivity index (χ1) is 14.3. The van der Waals surface area contributed by atoms with E-state index in [9.17, 15) is 18.8 Å². The highest BCUT2D eigenvalue weighted by molar-refractivity contribution is 5.99. The van der Waals surface area contributed by atoms with Crippen molar-refractivity contribution in [3.05, 3.63) is 65.4 Å². The van der Waals surface area contributed by atoms with Gasteiger partial charge in [0.25, 0.3) is 5.91 Å². The maximum absolute atomic E-state index is 13.4. The maximum atomic E-state index is 13.4. The molecule has 0 radical (unpaired) electrons. The molecule has 1 fully saturated rings. The fourth-order valence-electron chi connectivity index (χ4n) is 4.00. The first-order valence-corrected chi connectivity index (χ1v) is 9.91. The van der Waals surface area contributed by atoms with Gasteiger partial charge in [0.2, 0.25) is 5.92 Å². The Kier molecular flexibility index (Phi) is 5.17. The van der Waals surface area contributed by atoms with E-state index in [1.54, 1.807) is 24.3 Å². The third kappa shape index (κ3) is 4.13. The zero-order chi connectivity index (χ0) is 21.3. The predicted octanol–water partition coefficient (Wildman–Crippen LogP) is 4.45. The zero-order valence-electron chi connectivity index (χ0n) is 16.4. The van der Waals surface area contributed by atoms with Crippen LogP contribution in [0.15, 0.2) is 48.5 Å². The lowest BCUT2D eigenvalue weighted by molar-refractivity contribution is -0.0399. The highest BCUT2D eigenvalue weighted by Gasteiger charge is 2.35. The average molecular weight is 408 g/mol. The Morgan fingerprint density at radius 1 is 1.20 bits per heavy atom. The van der Waals surface area contributed by atoms with Crippen molar-refractivity contribution in [1.29, 1.82) is 5.26 Å². The lowest BCUT2D eigenvalue weighted by Gasteiger charge is -2.28. The summed E-state index contributed by atoms with van der Waals surface area (Å²) < 4.78 is 28.7. The van der Waals surface area contributed by atoms with E-state index in [0.29, 0.717) is 23.5 Å². The number of benzene rings is 2. The number of carbonyl (C=O) groups is 1. The average Bonchev–Trinajstić information content (AvgIpc) is 3.07. The lowest BCUT2D eigenvalue weighted by atomic mass is 9.92. The minimum atomic E-state index is -2.64. The molecule has 2 aromatic carbocycles. The number of alkyl halides is 2. The van der Waals surface area contributed by atoms with Gasteiger partial charge in [0.05, 0.1) is 17.1 Å². The Morgan fingerprint density at radius 2 is 1.97 bits per heavy atom. The van der Waals surface area contributed by atoms with Crippen LogP contribution in [0.2, 0.25) is 0 Å². The van der Waals surface area contributed by atoms with Crippen LogP contribution in [-0.2, 0) is 6.54 Å². The fourth-order valence-corrected chi connectivity index (χ4v) is 4.00. The molecule has 0 unspecified atom stereocenters. The van der Waals surface area contributed by atoms with Gasteiger partial charge >= 0.3 is 0 Å². The van der Waals surface area contributed by atoms with Crippen molar-refractivity contribution in [3.8, 4) is 6.07 Å². The molecular formula is C23H22F2N4O. The quantitative estimate of drug-likeness (QED) is 0.626. The molecule has 1 heterocycles. The summed E-state index contributed by atoms with van der Waals surface area (Å²) in [6.07, 6.45) is 0.0883. The molecule has 30 heavy (non-hydrogen) atoms. The Bertz CT molecular complexity index is 1140. The number of fused-ring (bicyclic) bond motifs is 1. The molecule has 1 aliphatic carbocycles. The predicted molar refractivity (Wildman–Crippen MR) is 111 cm³/mol. The summed E-state index contributed by atoms with van der Waals surface area (Å²) in [5.41, 5.74) is 9.12. The molecule has 3 N–H and O–H groups in total. The number of nitriles is 1. The third-order valence-corrected chi connectivity index (χ3v) is 5.61. The van der Waals surface area contributed by atoms with Gasteiger partial charge in [-0.15, -0.1) is 0 Å². The molecule has 0 aliphatic heterocycles. The molecule has 1 saturated carbocycles. The second kappa shape index (κ2) is 7.79. The summed E-state index contributed by atoms with van der Waals surface area (Å²) in [7, 11) is 0. The summed E-state index contributed by atoms with van der Waals surface area (Å²) >= 11 is 0. The third-order valence-electron chi connectivity index (χ3n) is 5.61. The van der Waals surface area contributed by atoms with Crippen molar-refractivity contribution < 1.29 is 13.6 Å². The molecule has 154 valence electrons. The van der Waals surface area contributed by atoms with Gasteiger partial charge in [-0.05, 0) is 48.7 Å². The minimum Gasteiger partial charge on any atom is -0.399 e. The number of nitrogens with zero attached hydrogens (tertiary/aromatic N) is 2. The van der Waals surface area contributed by atoms with Gasteiger partial charge in [0, 0.05) is 36.5 Å². The van der Waals surface area contributed by atoms with Gasteiger partial charge in [-0.2, -0.15) is 5.26 Å². The van der Waals surface area contributed by atoms with E-state index in [1.165, 1.54) is 0 Å². The fraction of sp³-hybridized carbons (Fsp3) is 0.304. The van der Waals surface area contributed by atoms with Crippen molar-refractivity contribution in [1.82, 2.24) is 9.88 Å². The Balaban J connectivity index is 1.67. The normalized spacial score (nSPS) is 16.3. The molecule has 3 aromatic rings. The van der Waals surface area contributed by atoms with E-state index >= 15 is 0 Å².